The summed E-state index contributed by atoms with van der Waals surface area (Å²) in [5.41, 5.74) is 3.10. The molecule has 2 rings (SSSR count). The van der Waals surface area contributed by atoms with Crippen molar-refractivity contribution in [2.75, 3.05) is 0 Å². The molecule has 0 fully saturated rings. The smallest absolute Gasteiger partial charge is 0.120 e. The van der Waals surface area contributed by atoms with Gasteiger partial charge in [0.1, 0.15) is 5.75 Å². The summed E-state index contributed by atoms with van der Waals surface area (Å²) < 4.78 is 0. The monoisotopic (exact) mass is 217 g/mol. The van der Waals surface area contributed by atoms with E-state index in [-0.39, 0.29) is 0 Å². The number of rotatable bonds is 4. The highest BCUT2D eigenvalue weighted by molar-refractivity contribution is 5.35. The Balaban J connectivity index is 1.92. The molecule has 0 radical (unpaired) electrons. The van der Waals surface area contributed by atoms with Gasteiger partial charge in [-0.15, -0.1) is 0 Å². The average Bonchev–Trinajstić information content (AvgIpc) is 2.76. The Morgan fingerprint density at radius 2 is 2.25 bits per heavy atom. The molecule has 4 heteroatoms. The lowest BCUT2D eigenvalue weighted by Gasteiger charge is -2.06. The fourth-order valence-corrected chi connectivity index (χ4v) is 1.57. The molecule has 3 N–H and O–H groups in total. The van der Waals surface area contributed by atoms with Gasteiger partial charge in [-0.2, -0.15) is 0 Å². The van der Waals surface area contributed by atoms with Gasteiger partial charge in [0, 0.05) is 30.5 Å². The van der Waals surface area contributed by atoms with Gasteiger partial charge in [0.05, 0.1) is 6.33 Å². The van der Waals surface area contributed by atoms with Crippen LogP contribution in [0.15, 0.2) is 30.7 Å². The van der Waals surface area contributed by atoms with Crippen LogP contribution in [0.3, 0.4) is 0 Å². The summed E-state index contributed by atoms with van der Waals surface area (Å²) in [5, 5.41) is 12.9. The fourth-order valence-electron chi connectivity index (χ4n) is 1.57. The number of aromatic hydroxyl groups is 1. The molecule has 0 unspecified atom stereocenters. The Hall–Kier alpha value is -1.81. The van der Waals surface area contributed by atoms with Crippen LogP contribution >= 0.6 is 0 Å². The van der Waals surface area contributed by atoms with E-state index >= 15 is 0 Å². The molecule has 2 aromatic rings. The van der Waals surface area contributed by atoms with E-state index in [1.807, 2.05) is 19.1 Å². The van der Waals surface area contributed by atoms with Crippen molar-refractivity contribution in [3.63, 3.8) is 0 Å². The van der Waals surface area contributed by atoms with Crippen molar-refractivity contribution in [1.29, 1.82) is 0 Å². The van der Waals surface area contributed by atoms with Gasteiger partial charge in [0.15, 0.2) is 0 Å². The minimum Gasteiger partial charge on any atom is -0.508 e. The first-order chi connectivity index (χ1) is 7.75. The molecule has 0 amide bonds. The second-order valence-electron chi connectivity index (χ2n) is 3.81. The predicted octanol–water partition coefficient (Wildman–Crippen LogP) is 1.71. The maximum atomic E-state index is 9.63. The number of hydrogen-bond donors (Lipinski definition) is 3. The highest BCUT2D eigenvalue weighted by Gasteiger charge is 2.01. The molecule has 0 saturated carbocycles. The SMILES string of the molecule is Cc1ccc(O)c(CNCc2cnc[nH]2)c1. The maximum absolute atomic E-state index is 9.63. The first-order valence-electron chi connectivity index (χ1n) is 5.22. The van der Waals surface area contributed by atoms with E-state index in [2.05, 4.69) is 15.3 Å². The molecule has 0 saturated heterocycles. The number of H-pyrrole nitrogens is 1. The number of imidazole rings is 1. The normalized spacial score (nSPS) is 10.6. The topological polar surface area (TPSA) is 60.9 Å². The Morgan fingerprint density at radius 3 is 3.00 bits per heavy atom. The minimum absolute atomic E-state index is 0.336. The van der Waals surface area contributed by atoms with Gasteiger partial charge in [-0.3, -0.25) is 0 Å². The summed E-state index contributed by atoms with van der Waals surface area (Å²) >= 11 is 0. The number of aryl methyl sites for hydroxylation is 1. The number of nitrogens with one attached hydrogen (secondary N) is 2. The number of aromatic nitrogens is 2. The van der Waals surface area contributed by atoms with Gasteiger partial charge in [0.25, 0.3) is 0 Å². The lowest BCUT2D eigenvalue weighted by Crippen LogP contribution is -2.13. The quantitative estimate of drug-likeness (QED) is 0.730. The van der Waals surface area contributed by atoms with Gasteiger partial charge in [-0.05, 0) is 13.0 Å². The number of benzene rings is 1. The van der Waals surface area contributed by atoms with Crippen molar-refractivity contribution in [3.05, 3.63) is 47.5 Å². The van der Waals surface area contributed by atoms with Gasteiger partial charge in [-0.25, -0.2) is 4.98 Å². The van der Waals surface area contributed by atoms with Crippen molar-refractivity contribution in [3.8, 4) is 5.75 Å². The van der Waals surface area contributed by atoms with E-state index in [0.29, 0.717) is 18.8 Å². The van der Waals surface area contributed by atoms with Crippen LogP contribution in [0.25, 0.3) is 0 Å². The summed E-state index contributed by atoms with van der Waals surface area (Å²) in [7, 11) is 0. The van der Waals surface area contributed by atoms with Gasteiger partial charge < -0.3 is 15.4 Å². The van der Waals surface area contributed by atoms with E-state index < -0.39 is 0 Å². The molecule has 0 atom stereocenters. The van der Waals surface area contributed by atoms with Crippen molar-refractivity contribution in [2.45, 2.75) is 20.0 Å². The highest BCUT2D eigenvalue weighted by atomic mass is 16.3. The maximum Gasteiger partial charge on any atom is 0.120 e. The van der Waals surface area contributed by atoms with Crippen LogP contribution in [-0.2, 0) is 13.1 Å². The molecule has 0 spiro atoms. The summed E-state index contributed by atoms with van der Waals surface area (Å²) in [6.45, 7) is 3.37. The predicted molar refractivity (Wildman–Crippen MR) is 62.0 cm³/mol. The van der Waals surface area contributed by atoms with Crippen LogP contribution in [-0.4, -0.2) is 15.1 Å². The Kier molecular flexibility index (Phi) is 3.22. The Bertz CT molecular complexity index is 451. The van der Waals surface area contributed by atoms with E-state index in [1.54, 1.807) is 18.6 Å². The summed E-state index contributed by atoms with van der Waals surface area (Å²) in [4.78, 5) is 6.95. The van der Waals surface area contributed by atoms with Crippen LogP contribution < -0.4 is 5.32 Å². The van der Waals surface area contributed by atoms with Crippen LogP contribution in [0.1, 0.15) is 16.8 Å². The zero-order chi connectivity index (χ0) is 11.4. The third kappa shape index (κ3) is 2.61. The Labute approximate surface area is 94.4 Å². The van der Waals surface area contributed by atoms with Crippen molar-refractivity contribution in [1.82, 2.24) is 15.3 Å². The number of phenols is 1. The lowest BCUT2D eigenvalue weighted by atomic mass is 10.1. The number of phenolic OH excluding ortho intramolecular Hbond substituents is 1. The molecule has 0 aliphatic rings. The third-order valence-corrected chi connectivity index (χ3v) is 2.42. The van der Waals surface area contributed by atoms with E-state index in [9.17, 15) is 5.11 Å². The largest absolute Gasteiger partial charge is 0.508 e. The number of aromatic amines is 1. The van der Waals surface area contributed by atoms with Crippen LogP contribution in [0.5, 0.6) is 5.75 Å². The van der Waals surface area contributed by atoms with Crippen molar-refractivity contribution >= 4 is 0 Å². The molecule has 1 aromatic carbocycles. The molecule has 84 valence electrons. The van der Waals surface area contributed by atoms with Crippen LogP contribution in [0, 0.1) is 6.92 Å². The zero-order valence-corrected chi connectivity index (χ0v) is 9.20. The second kappa shape index (κ2) is 4.81. The summed E-state index contributed by atoms with van der Waals surface area (Å²) in [5.74, 6) is 0.336. The number of hydrogen-bond acceptors (Lipinski definition) is 3. The molecule has 0 aliphatic carbocycles. The third-order valence-electron chi connectivity index (χ3n) is 2.42. The molecule has 0 bridgehead atoms. The first-order valence-corrected chi connectivity index (χ1v) is 5.22. The van der Waals surface area contributed by atoms with Crippen LogP contribution in [0.4, 0.5) is 0 Å². The van der Waals surface area contributed by atoms with Crippen molar-refractivity contribution < 1.29 is 5.11 Å². The second-order valence-corrected chi connectivity index (χ2v) is 3.81. The van der Waals surface area contributed by atoms with Crippen LogP contribution in [0.2, 0.25) is 0 Å². The fraction of sp³-hybridized carbons (Fsp3) is 0.250. The highest BCUT2D eigenvalue weighted by Crippen LogP contribution is 2.17. The molecule has 1 aromatic heterocycles. The molecule has 16 heavy (non-hydrogen) atoms. The number of nitrogens with zero attached hydrogens (tertiary/aromatic N) is 1. The summed E-state index contributed by atoms with van der Waals surface area (Å²) in [6.07, 6.45) is 3.43. The molecule has 0 aliphatic heterocycles. The van der Waals surface area contributed by atoms with Crippen molar-refractivity contribution in [2.24, 2.45) is 0 Å². The molecular formula is C12H15N3O. The summed E-state index contributed by atoms with van der Waals surface area (Å²) in [6, 6.07) is 5.60. The van der Waals surface area contributed by atoms with E-state index in [4.69, 9.17) is 0 Å². The average molecular weight is 217 g/mol. The molecule has 4 nitrogen and oxygen atoms in total. The Morgan fingerprint density at radius 1 is 1.38 bits per heavy atom. The lowest BCUT2D eigenvalue weighted by molar-refractivity contribution is 0.464. The minimum atomic E-state index is 0.336. The molecule has 1 heterocycles. The van der Waals surface area contributed by atoms with Gasteiger partial charge in [0.2, 0.25) is 0 Å². The van der Waals surface area contributed by atoms with E-state index in [0.717, 1.165) is 16.8 Å². The van der Waals surface area contributed by atoms with Gasteiger partial charge in [-0.1, -0.05) is 17.7 Å². The molecular weight excluding hydrogens is 202 g/mol. The van der Waals surface area contributed by atoms with E-state index in [1.165, 1.54) is 0 Å². The zero-order valence-electron chi connectivity index (χ0n) is 9.20. The standard InChI is InChI=1S/C12H15N3O/c1-9-2-3-12(16)10(4-9)5-13-6-11-7-14-8-15-11/h2-4,7-8,13,16H,5-6H2,1H3,(H,14,15). The first kappa shape index (κ1) is 10.7. The van der Waals surface area contributed by atoms with Gasteiger partial charge >= 0.3 is 0 Å².